The molecule has 0 aliphatic heterocycles. The lowest BCUT2D eigenvalue weighted by Crippen LogP contribution is -1.90. The zero-order valence-electron chi connectivity index (χ0n) is 7.60. The van der Waals surface area contributed by atoms with Gasteiger partial charge >= 0.3 is 0 Å². The maximum absolute atomic E-state index is 10.6. The van der Waals surface area contributed by atoms with E-state index >= 15 is 0 Å². The minimum absolute atomic E-state index is 0.724. The van der Waals surface area contributed by atoms with Crippen molar-refractivity contribution in [2.45, 2.75) is 6.42 Å². The van der Waals surface area contributed by atoms with E-state index in [0.29, 0.717) is 0 Å². The minimum atomic E-state index is 0.724. The average Bonchev–Trinajstić information content (AvgIpc) is 2.67. The number of aldehydes is 1. The van der Waals surface area contributed by atoms with Crippen LogP contribution in [-0.4, -0.2) is 16.3 Å². The molecule has 3 heteroatoms. The molecule has 0 fully saturated rings. The van der Waals surface area contributed by atoms with Crippen molar-refractivity contribution in [1.82, 2.24) is 9.97 Å². The number of nitrogens with zero attached hydrogens (tertiary/aromatic N) is 1. The van der Waals surface area contributed by atoms with Crippen molar-refractivity contribution in [2.24, 2.45) is 0 Å². The number of H-pyrrole nitrogens is 1. The molecule has 3 nitrogen and oxygen atoms in total. The molecule has 0 radical (unpaired) electrons. The summed E-state index contributed by atoms with van der Waals surface area (Å²) in [6.07, 6.45) is 8.70. The molecule has 70 valence electrons. The summed E-state index contributed by atoms with van der Waals surface area (Å²) in [7, 11) is 0. The van der Waals surface area contributed by atoms with Crippen LogP contribution < -0.4 is 0 Å². The Labute approximate surface area is 81.8 Å². The van der Waals surface area contributed by atoms with Crippen LogP contribution in [0.15, 0.2) is 36.9 Å². The van der Waals surface area contributed by atoms with Crippen molar-refractivity contribution >= 4 is 6.29 Å². The van der Waals surface area contributed by atoms with Crippen LogP contribution in [0.5, 0.6) is 0 Å². The van der Waals surface area contributed by atoms with Crippen molar-refractivity contribution in [1.29, 1.82) is 0 Å². The molecule has 0 spiro atoms. The van der Waals surface area contributed by atoms with E-state index in [1.165, 1.54) is 0 Å². The SMILES string of the molecule is O=Cc1c[nH]cc1Cc1ccncc1. The third kappa shape index (κ3) is 1.71. The van der Waals surface area contributed by atoms with Gasteiger partial charge < -0.3 is 4.98 Å². The molecule has 0 bridgehead atoms. The normalized spacial score (nSPS) is 10.0. The van der Waals surface area contributed by atoms with Crippen LogP contribution in [0.1, 0.15) is 21.5 Å². The van der Waals surface area contributed by atoms with E-state index in [1.54, 1.807) is 18.6 Å². The Morgan fingerprint density at radius 1 is 1.29 bits per heavy atom. The molecule has 2 rings (SSSR count). The standard InChI is InChI=1S/C11H10N2O/c14-8-11-7-13-6-10(11)5-9-1-3-12-4-2-9/h1-4,6-8,13H,5H2. The fourth-order valence-corrected chi connectivity index (χ4v) is 1.39. The molecule has 2 aromatic rings. The van der Waals surface area contributed by atoms with E-state index in [-0.39, 0.29) is 0 Å². The van der Waals surface area contributed by atoms with E-state index < -0.39 is 0 Å². The van der Waals surface area contributed by atoms with E-state index in [0.717, 1.165) is 29.4 Å². The number of hydrogen-bond donors (Lipinski definition) is 1. The zero-order chi connectivity index (χ0) is 9.80. The summed E-state index contributed by atoms with van der Waals surface area (Å²) in [6, 6.07) is 3.89. The first kappa shape index (κ1) is 8.69. The van der Waals surface area contributed by atoms with Gasteiger partial charge in [0.15, 0.2) is 6.29 Å². The van der Waals surface area contributed by atoms with E-state index in [1.807, 2.05) is 18.3 Å². The summed E-state index contributed by atoms with van der Waals surface area (Å²) < 4.78 is 0. The second-order valence-corrected chi connectivity index (χ2v) is 3.09. The fourth-order valence-electron chi connectivity index (χ4n) is 1.39. The summed E-state index contributed by atoms with van der Waals surface area (Å²) in [5, 5.41) is 0. The van der Waals surface area contributed by atoms with Gasteiger partial charge in [-0.15, -0.1) is 0 Å². The van der Waals surface area contributed by atoms with Crippen molar-refractivity contribution in [3.8, 4) is 0 Å². The third-order valence-electron chi connectivity index (χ3n) is 2.14. The van der Waals surface area contributed by atoms with Crippen LogP contribution >= 0.6 is 0 Å². The number of carbonyl (C=O) groups excluding carboxylic acids is 1. The van der Waals surface area contributed by atoms with Crippen molar-refractivity contribution < 1.29 is 4.79 Å². The molecule has 0 aromatic carbocycles. The van der Waals surface area contributed by atoms with Gasteiger partial charge in [-0.25, -0.2) is 0 Å². The van der Waals surface area contributed by atoms with Crippen LogP contribution in [0.2, 0.25) is 0 Å². The number of pyridine rings is 1. The van der Waals surface area contributed by atoms with Crippen molar-refractivity contribution in [3.63, 3.8) is 0 Å². The summed E-state index contributed by atoms with van der Waals surface area (Å²) in [4.78, 5) is 17.5. The van der Waals surface area contributed by atoms with Crippen LogP contribution in [0.25, 0.3) is 0 Å². The van der Waals surface area contributed by atoms with Gasteiger partial charge in [-0.2, -0.15) is 0 Å². The predicted molar refractivity (Wildman–Crippen MR) is 53.2 cm³/mol. The molecule has 0 saturated carbocycles. The highest BCUT2D eigenvalue weighted by molar-refractivity contribution is 5.77. The number of hydrogen-bond acceptors (Lipinski definition) is 2. The molecule has 0 unspecified atom stereocenters. The van der Waals surface area contributed by atoms with Crippen LogP contribution in [0, 0.1) is 0 Å². The first-order chi connectivity index (χ1) is 6.90. The largest absolute Gasteiger partial charge is 0.367 e. The number of carbonyl (C=O) groups is 1. The lowest BCUT2D eigenvalue weighted by Gasteiger charge is -1.98. The van der Waals surface area contributed by atoms with E-state index in [9.17, 15) is 4.79 Å². The van der Waals surface area contributed by atoms with Crippen molar-refractivity contribution in [2.75, 3.05) is 0 Å². The number of rotatable bonds is 3. The Morgan fingerprint density at radius 3 is 2.79 bits per heavy atom. The summed E-state index contributed by atoms with van der Waals surface area (Å²) in [6.45, 7) is 0. The highest BCUT2D eigenvalue weighted by atomic mass is 16.1. The molecule has 0 aliphatic carbocycles. The lowest BCUT2D eigenvalue weighted by atomic mass is 10.1. The monoisotopic (exact) mass is 186 g/mol. The second-order valence-electron chi connectivity index (χ2n) is 3.09. The first-order valence-electron chi connectivity index (χ1n) is 4.40. The summed E-state index contributed by atoms with van der Waals surface area (Å²) in [5.74, 6) is 0. The highest BCUT2D eigenvalue weighted by Crippen LogP contribution is 2.11. The quantitative estimate of drug-likeness (QED) is 0.743. The maximum Gasteiger partial charge on any atom is 0.151 e. The lowest BCUT2D eigenvalue weighted by molar-refractivity contribution is 0.112. The molecule has 0 atom stereocenters. The molecule has 2 heterocycles. The molecular weight excluding hydrogens is 176 g/mol. The average molecular weight is 186 g/mol. The molecule has 14 heavy (non-hydrogen) atoms. The van der Waals surface area contributed by atoms with Gasteiger partial charge in [-0.1, -0.05) is 0 Å². The van der Waals surface area contributed by atoms with E-state index in [4.69, 9.17) is 0 Å². The number of aromatic amines is 1. The molecule has 0 saturated heterocycles. The zero-order valence-corrected chi connectivity index (χ0v) is 7.60. The van der Waals surface area contributed by atoms with Gasteiger partial charge in [-0.3, -0.25) is 9.78 Å². The maximum atomic E-state index is 10.6. The summed E-state index contributed by atoms with van der Waals surface area (Å²) in [5.41, 5.74) is 2.90. The molecule has 0 amide bonds. The fraction of sp³-hybridized carbons (Fsp3) is 0.0909. The molecule has 1 N–H and O–H groups in total. The first-order valence-corrected chi connectivity index (χ1v) is 4.40. The topological polar surface area (TPSA) is 45.8 Å². The van der Waals surface area contributed by atoms with Gasteiger partial charge in [-0.05, 0) is 29.7 Å². The Bertz CT molecular complexity index is 420. The van der Waals surface area contributed by atoms with E-state index in [2.05, 4.69) is 9.97 Å². The number of nitrogens with one attached hydrogen (secondary N) is 1. The third-order valence-corrected chi connectivity index (χ3v) is 2.14. The van der Waals surface area contributed by atoms with Gasteiger partial charge in [0.25, 0.3) is 0 Å². The predicted octanol–water partition coefficient (Wildman–Crippen LogP) is 1.81. The molecular formula is C11H10N2O. The van der Waals surface area contributed by atoms with Crippen LogP contribution in [-0.2, 0) is 6.42 Å². The van der Waals surface area contributed by atoms with Gasteiger partial charge in [0, 0.05) is 30.4 Å². The van der Waals surface area contributed by atoms with Gasteiger partial charge in [0.1, 0.15) is 0 Å². The second kappa shape index (κ2) is 3.87. The number of aromatic nitrogens is 2. The Balaban J connectivity index is 2.23. The smallest absolute Gasteiger partial charge is 0.151 e. The van der Waals surface area contributed by atoms with Crippen LogP contribution in [0.3, 0.4) is 0 Å². The van der Waals surface area contributed by atoms with Crippen LogP contribution in [0.4, 0.5) is 0 Å². The Morgan fingerprint density at radius 2 is 2.07 bits per heavy atom. The Kier molecular flexibility index (Phi) is 2.40. The van der Waals surface area contributed by atoms with Gasteiger partial charge in [0.05, 0.1) is 0 Å². The molecule has 0 aliphatic rings. The summed E-state index contributed by atoms with van der Waals surface area (Å²) >= 11 is 0. The molecule has 2 aromatic heterocycles. The highest BCUT2D eigenvalue weighted by Gasteiger charge is 2.02. The Hall–Kier alpha value is -1.90. The van der Waals surface area contributed by atoms with Crippen molar-refractivity contribution in [3.05, 3.63) is 53.6 Å². The van der Waals surface area contributed by atoms with Gasteiger partial charge in [0.2, 0.25) is 0 Å². The minimum Gasteiger partial charge on any atom is -0.367 e.